The largest absolute Gasteiger partial charge is 0.342 e. The van der Waals surface area contributed by atoms with Crippen LogP contribution in [0.1, 0.15) is 18.4 Å². The third-order valence-electron chi connectivity index (χ3n) is 4.17. The number of likely N-dealkylation sites (tertiary alicyclic amines) is 1. The summed E-state index contributed by atoms with van der Waals surface area (Å²) in [5.41, 5.74) is 1.12. The van der Waals surface area contributed by atoms with Crippen LogP contribution >= 0.6 is 0 Å². The number of amides is 1. The van der Waals surface area contributed by atoms with Crippen molar-refractivity contribution in [2.24, 2.45) is 11.8 Å². The van der Waals surface area contributed by atoms with Crippen LogP contribution in [0.2, 0.25) is 0 Å². The van der Waals surface area contributed by atoms with Gasteiger partial charge in [-0.2, -0.15) is 0 Å². The first-order valence-electron chi connectivity index (χ1n) is 6.79. The van der Waals surface area contributed by atoms with Crippen LogP contribution in [-0.4, -0.2) is 23.9 Å². The van der Waals surface area contributed by atoms with Crippen molar-refractivity contribution < 1.29 is 4.79 Å². The van der Waals surface area contributed by atoms with Crippen LogP contribution in [0.25, 0.3) is 0 Å². The topological polar surface area (TPSA) is 20.3 Å². The summed E-state index contributed by atoms with van der Waals surface area (Å²) in [4.78, 5) is 14.3. The Morgan fingerprint density at radius 2 is 1.67 bits per heavy atom. The highest BCUT2D eigenvalue weighted by atomic mass is 16.2. The Labute approximate surface area is 108 Å². The molecule has 0 radical (unpaired) electrons. The summed E-state index contributed by atoms with van der Waals surface area (Å²) in [6, 6.07) is 10.0. The van der Waals surface area contributed by atoms with Gasteiger partial charge in [0.1, 0.15) is 0 Å². The van der Waals surface area contributed by atoms with Crippen molar-refractivity contribution in [1.82, 2.24) is 4.90 Å². The molecule has 1 aromatic carbocycles. The molecule has 1 aromatic rings. The highest BCUT2D eigenvalue weighted by Crippen LogP contribution is 2.32. The summed E-state index contributed by atoms with van der Waals surface area (Å²) in [6.45, 7) is 1.92. The van der Waals surface area contributed by atoms with Crippen molar-refractivity contribution in [1.29, 1.82) is 0 Å². The molecule has 2 aliphatic rings. The van der Waals surface area contributed by atoms with E-state index in [0.717, 1.165) is 31.5 Å². The number of nitrogens with zero attached hydrogens (tertiary/aromatic N) is 1. The van der Waals surface area contributed by atoms with Crippen molar-refractivity contribution in [3.05, 3.63) is 48.0 Å². The van der Waals surface area contributed by atoms with Crippen LogP contribution in [0, 0.1) is 11.8 Å². The Morgan fingerprint density at radius 3 is 2.28 bits per heavy atom. The first-order chi connectivity index (χ1) is 8.83. The normalized spacial score (nSPS) is 26.1. The molecule has 2 unspecified atom stereocenters. The fourth-order valence-corrected chi connectivity index (χ4v) is 3.10. The maximum atomic E-state index is 12.3. The Morgan fingerprint density at radius 1 is 1.06 bits per heavy atom. The van der Waals surface area contributed by atoms with Crippen molar-refractivity contribution >= 4 is 5.91 Å². The first kappa shape index (κ1) is 11.5. The highest BCUT2D eigenvalue weighted by Gasteiger charge is 2.34. The van der Waals surface area contributed by atoms with Crippen molar-refractivity contribution in [2.45, 2.75) is 19.3 Å². The van der Waals surface area contributed by atoms with E-state index in [1.54, 1.807) is 0 Å². The van der Waals surface area contributed by atoms with E-state index in [4.69, 9.17) is 0 Å². The monoisotopic (exact) mass is 241 g/mol. The molecule has 0 aromatic heterocycles. The predicted octanol–water partition coefficient (Wildman–Crippen LogP) is 2.65. The molecule has 1 fully saturated rings. The lowest BCUT2D eigenvalue weighted by molar-refractivity contribution is -0.129. The van der Waals surface area contributed by atoms with E-state index >= 15 is 0 Å². The Bertz CT molecular complexity index is 435. The lowest BCUT2D eigenvalue weighted by Gasteiger charge is -2.17. The van der Waals surface area contributed by atoms with Crippen molar-refractivity contribution in [2.75, 3.05) is 13.1 Å². The Kier molecular flexibility index (Phi) is 3.18. The number of hydrogen-bond acceptors (Lipinski definition) is 1. The minimum Gasteiger partial charge on any atom is -0.342 e. The third kappa shape index (κ3) is 2.33. The Balaban J connectivity index is 1.61. The van der Waals surface area contributed by atoms with Gasteiger partial charge in [0.2, 0.25) is 5.91 Å². The van der Waals surface area contributed by atoms with Crippen LogP contribution in [0.5, 0.6) is 0 Å². The number of rotatable bonds is 2. The average Bonchev–Trinajstić information content (AvgIpc) is 2.84. The molecule has 0 saturated carbocycles. The van der Waals surface area contributed by atoms with E-state index in [1.807, 2.05) is 30.3 Å². The molecule has 0 spiro atoms. The fourth-order valence-electron chi connectivity index (χ4n) is 3.10. The maximum absolute atomic E-state index is 12.3. The maximum Gasteiger partial charge on any atom is 0.227 e. The van der Waals surface area contributed by atoms with Gasteiger partial charge in [-0.05, 0) is 30.2 Å². The Hall–Kier alpha value is -1.57. The summed E-state index contributed by atoms with van der Waals surface area (Å²) in [5.74, 6) is 1.69. The van der Waals surface area contributed by atoms with Crippen molar-refractivity contribution in [3.63, 3.8) is 0 Å². The molecule has 1 aliphatic carbocycles. The lowest BCUT2D eigenvalue weighted by atomic mass is 9.86. The molecule has 18 heavy (non-hydrogen) atoms. The second-order valence-corrected chi connectivity index (χ2v) is 5.42. The zero-order valence-electron chi connectivity index (χ0n) is 10.6. The van der Waals surface area contributed by atoms with E-state index in [1.165, 1.54) is 0 Å². The average molecular weight is 241 g/mol. The zero-order chi connectivity index (χ0) is 12.4. The molecule has 0 N–H and O–H groups in total. The van der Waals surface area contributed by atoms with Crippen LogP contribution in [0.15, 0.2) is 42.5 Å². The molecular weight excluding hydrogens is 222 g/mol. The van der Waals surface area contributed by atoms with Gasteiger partial charge in [-0.25, -0.2) is 0 Å². The molecule has 3 rings (SSSR count). The predicted molar refractivity (Wildman–Crippen MR) is 72.1 cm³/mol. The highest BCUT2D eigenvalue weighted by molar-refractivity contribution is 5.79. The zero-order valence-corrected chi connectivity index (χ0v) is 10.6. The van der Waals surface area contributed by atoms with E-state index in [0.29, 0.717) is 18.3 Å². The lowest BCUT2D eigenvalue weighted by Crippen LogP contribution is -2.30. The van der Waals surface area contributed by atoms with Gasteiger partial charge in [-0.1, -0.05) is 42.5 Å². The quantitative estimate of drug-likeness (QED) is 0.729. The van der Waals surface area contributed by atoms with Crippen LogP contribution in [-0.2, 0) is 11.2 Å². The molecular formula is C16H19NO. The van der Waals surface area contributed by atoms with Gasteiger partial charge in [0.25, 0.3) is 0 Å². The van der Waals surface area contributed by atoms with Gasteiger partial charge >= 0.3 is 0 Å². The fraction of sp³-hybridized carbons (Fsp3) is 0.438. The van der Waals surface area contributed by atoms with Gasteiger partial charge in [0.05, 0.1) is 6.42 Å². The molecule has 1 aliphatic heterocycles. The molecule has 1 saturated heterocycles. The van der Waals surface area contributed by atoms with Gasteiger partial charge in [-0.15, -0.1) is 0 Å². The van der Waals surface area contributed by atoms with Gasteiger partial charge in [0.15, 0.2) is 0 Å². The summed E-state index contributed by atoms with van der Waals surface area (Å²) in [7, 11) is 0. The molecule has 94 valence electrons. The number of carbonyl (C=O) groups is 1. The van der Waals surface area contributed by atoms with Gasteiger partial charge in [-0.3, -0.25) is 4.79 Å². The van der Waals surface area contributed by atoms with Crippen LogP contribution in [0.4, 0.5) is 0 Å². The molecule has 1 heterocycles. The SMILES string of the molecule is O=C(Cc1ccccc1)N1CC2CC=CCC2C1. The third-order valence-corrected chi connectivity index (χ3v) is 4.17. The minimum absolute atomic E-state index is 0.288. The van der Waals surface area contributed by atoms with Crippen LogP contribution < -0.4 is 0 Å². The minimum atomic E-state index is 0.288. The van der Waals surface area contributed by atoms with E-state index < -0.39 is 0 Å². The summed E-state index contributed by atoms with van der Waals surface area (Å²) < 4.78 is 0. The molecule has 0 bridgehead atoms. The van der Waals surface area contributed by atoms with Crippen molar-refractivity contribution in [3.8, 4) is 0 Å². The summed E-state index contributed by atoms with van der Waals surface area (Å²) in [5, 5.41) is 0. The van der Waals surface area contributed by atoms with E-state index in [2.05, 4.69) is 17.1 Å². The molecule has 2 atom stereocenters. The van der Waals surface area contributed by atoms with E-state index in [-0.39, 0.29) is 5.91 Å². The molecule has 1 amide bonds. The first-order valence-corrected chi connectivity index (χ1v) is 6.79. The molecule has 2 heteroatoms. The number of carbonyl (C=O) groups excluding carboxylic acids is 1. The number of allylic oxidation sites excluding steroid dienone is 2. The summed E-state index contributed by atoms with van der Waals surface area (Å²) >= 11 is 0. The second kappa shape index (κ2) is 4.97. The van der Waals surface area contributed by atoms with Gasteiger partial charge < -0.3 is 4.90 Å². The number of fused-ring (bicyclic) bond motifs is 1. The van der Waals surface area contributed by atoms with Crippen LogP contribution in [0.3, 0.4) is 0 Å². The van der Waals surface area contributed by atoms with E-state index in [9.17, 15) is 4.79 Å². The standard InChI is InChI=1S/C16H19NO/c18-16(10-13-6-2-1-3-7-13)17-11-14-8-4-5-9-15(14)12-17/h1-7,14-15H,8-12H2. The summed E-state index contributed by atoms with van der Waals surface area (Å²) in [6.07, 6.45) is 7.39. The number of benzene rings is 1. The number of hydrogen-bond donors (Lipinski definition) is 0. The second-order valence-electron chi connectivity index (χ2n) is 5.42. The molecule has 2 nitrogen and oxygen atoms in total. The smallest absolute Gasteiger partial charge is 0.227 e. The van der Waals surface area contributed by atoms with Gasteiger partial charge in [0, 0.05) is 13.1 Å².